The van der Waals surface area contributed by atoms with Crippen LogP contribution in [0.3, 0.4) is 0 Å². The minimum absolute atomic E-state index is 0. The molecule has 0 aliphatic rings. The van der Waals surface area contributed by atoms with Crippen LogP contribution in [-0.2, 0) is 6.54 Å². The summed E-state index contributed by atoms with van der Waals surface area (Å²) < 4.78 is 7.05. The number of rotatable bonds is 6. The maximum atomic E-state index is 12.6. The minimum atomic E-state index is 0. The van der Waals surface area contributed by atoms with E-state index in [2.05, 4.69) is 17.1 Å². The van der Waals surface area contributed by atoms with Crippen molar-refractivity contribution in [1.82, 2.24) is 4.98 Å². The van der Waals surface area contributed by atoms with E-state index in [1.807, 2.05) is 79.0 Å². The number of hydrogen-bond acceptors (Lipinski definition) is 3. The summed E-state index contributed by atoms with van der Waals surface area (Å²) in [5, 5.41) is 0. The molecular weight excluding hydrogens is 440 g/mol. The molecule has 0 saturated heterocycles. The highest BCUT2D eigenvalue weighted by atomic mass is 79.9. The van der Waals surface area contributed by atoms with Crippen molar-refractivity contribution in [2.45, 2.75) is 6.54 Å². The van der Waals surface area contributed by atoms with E-state index in [0.717, 1.165) is 28.1 Å². The van der Waals surface area contributed by atoms with Gasteiger partial charge in [0.25, 0.3) is 6.33 Å². The van der Waals surface area contributed by atoms with E-state index in [1.165, 1.54) is 0 Å². The molecule has 30 heavy (non-hydrogen) atoms. The first kappa shape index (κ1) is 21.4. The van der Waals surface area contributed by atoms with Crippen molar-refractivity contribution >= 4 is 22.8 Å². The van der Waals surface area contributed by atoms with E-state index in [0.29, 0.717) is 5.56 Å². The van der Waals surface area contributed by atoms with Gasteiger partial charge in [-0.05, 0) is 28.2 Å². The van der Waals surface area contributed by atoms with Crippen molar-refractivity contribution in [1.29, 1.82) is 0 Å². The number of hydrogen-bond donors (Lipinski definition) is 0. The number of Topliss-reactive ketones (excluding diaryl/α,β-unsaturated/α-hetero) is 1. The Hall–Kier alpha value is -3.31. The third-order valence-electron chi connectivity index (χ3n) is 4.77. The SMILES string of the molecule is Br.COc1cccc(-c2cc[n+](CC(=O)c3ccc(-c4ccccc4)cc3)cn2)c1. The lowest BCUT2D eigenvalue weighted by molar-refractivity contribution is -0.686. The van der Waals surface area contributed by atoms with Crippen molar-refractivity contribution in [2.24, 2.45) is 0 Å². The molecule has 5 heteroatoms. The molecule has 150 valence electrons. The highest BCUT2D eigenvalue weighted by molar-refractivity contribution is 8.93. The van der Waals surface area contributed by atoms with Crippen LogP contribution in [0.4, 0.5) is 0 Å². The number of halogens is 1. The summed E-state index contributed by atoms with van der Waals surface area (Å²) in [6, 6.07) is 27.5. The standard InChI is InChI=1S/C25H21N2O2.BrH/c1-29-23-9-5-8-22(16-23)24-14-15-27(18-26-24)17-25(28)21-12-10-20(11-13-21)19-6-3-2-4-7-19;/h2-16,18H,17H2,1H3;1H/q+1;. The van der Waals surface area contributed by atoms with Crippen LogP contribution in [0, 0.1) is 0 Å². The molecule has 0 amide bonds. The number of nitrogens with zero attached hydrogens (tertiary/aromatic N) is 2. The molecule has 1 heterocycles. The molecule has 0 radical (unpaired) electrons. The summed E-state index contributed by atoms with van der Waals surface area (Å²) in [6.45, 7) is 0.246. The largest absolute Gasteiger partial charge is 0.497 e. The molecule has 0 spiro atoms. The van der Waals surface area contributed by atoms with Gasteiger partial charge in [0.2, 0.25) is 5.78 Å². The Morgan fingerprint density at radius 3 is 2.23 bits per heavy atom. The van der Waals surface area contributed by atoms with Gasteiger partial charge in [0.05, 0.1) is 13.3 Å². The highest BCUT2D eigenvalue weighted by Gasteiger charge is 2.12. The van der Waals surface area contributed by atoms with Crippen molar-refractivity contribution in [3.05, 3.63) is 103 Å². The fourth-order valence-electron chi connectivity index (χ4n) is 3.17. The lowest BCUT2D eigenvalue weighted by atomic mass is 10.0. The van der Waals surface area contributed by atoms with Crippen LogP contribution in [0.2, 0.25) is 0 Å². The monoisotopic (exact) mass is 461 g/mol. The number of ether oxygens (including phenoxy) is 1. The second-order valence-corrected chi connectivity index (χ2v) is 6.72. The van der Waals surface area contributed by atoms with E-state index < -0.39 is 0 Å². The van der Waals surface area contributed by atoms with Crippen molar-refractivity contribution in [3.8, 4) is 28.1 Å². The molecule has 4 rings (SSSR count). The summed E-state index contributed by atoms with van der Waals surface area (Å²) in [5.74, 6) is 0.834. The zero-order valence-corrected chi connectivity index (χ0v) is 18.3. The van der Waals surface area contributed by atoms with Crippen molar-refractivity contribution in [3.63, 3.8) is 0 Å². The van der Waals surface area contributed by atoms with Crippen molar-refractivity contribution < 1.29 is 14.1 Å². The molecule has 0 fully saturated rings. The molecular formula is C25H22BrN2O2+. The minimum Gasteiger partial charge on any atom is -0.497 e. The third-order valence-corrected chi connectivity index (χ3v) is 4.77. The van der Waals surface area contributed by atoms with Gasteiger partial charge in [0, 0.05) is 17.2 Å². The zero-order valence-electron chi connectivity index (χ0n) is 16.6. The predicted molar refractivity (Wildman–Crippen MR) is 123 cm³/mol. The van der Waals surface area contributed by atoms with E-state index in [4.69, 9.17) is 4.74 Å². The fraction of sp³-hybridized carbons (Fsp3) is 0.0800. The summed E-state index contributed by atoms with van der Waals surface area (Å²) in [6.07, 6.45) is 3.56. The van der Waals surface area contributed by atoms with Gasteiger partial charge >= 0.3 is 0 Å². The number of benzene rings is 3. The molecule has 4 nitrogen and oxygen atoms in total. The Labute approximate surface area is 186 Å². The number of aromatic nitrogens is 2. The Kier molecular flexibility index (Phi) is 7.09. The van der Waals surface area contributed by atoms with Gasteiger partial charge in [0.1, 0.15) is 5.75 Å². The summed E-state index contributed by atoms with van der Waals surface area (Å²) in [5.41, 5.74) is 4.73. The molecule has 0 aliphatic heterocycles. The first-order valence-electron chi connectivity index (χ1n) is 9.41. The summed E-state index contributed by atoms with van der Waals surface area (Å²) >= 11 is 0. The van der Waals surface area contributed by atoms with Gasteiger partial charge in [-0.3, -0.25) is 4.79 Å². The number of ketones is 1. The Morgan fingerprint density at radius 1 is 0.867 bits per heavy atom. The van der Waals surface area contributed by atoms with Crippen LogP contribution < -0.4 is 9.30 Å². The first-order chi connectivity index (χ1) is 14.2. The Balaban J connectivity index is 0.00000256. The lowest BCUT2D eigenvalue weighted by Crippen LogP contribution is -2.37. The third kappa shape index (κ3) is 4.99. The quantitative estimate of drug-likeness (QED) is 0.293. The lowest BCUT2D eigenvalue weighted by Gasteiger charge is -2.04. The van der Waals surface area contributed by atoms with Gasteiger partial charge < -0.3 is 4.74 Å². The van der Waals surface area contributed by atoms with Gasteiger partial charge in [0.15, 0.2) is 12.2 Å². The smallest absolute Gasteiger partial charge is 0.287 e. The number of carbonyl (C=O) groups is 1. The van der Waals surface area contributed by atoms with Gasteiger partial charge in [-0.2, -0.15) is 0 Å². The molecule has 3 aromatic carbocycles. The normalized spacial score (nSPS) is 10.2. The molecule has 0 bridgehead atoms. The average molecular weight is 462 g/mol. The molecule has 0 saturated carbocycles. The second kappa shape index (κ2) is 9.94. The summed E-state index contributed by atoms with van der Waals surface area (Å²) in [7, 11) is 1.64. The topological polar surface area (TPSA) is 43.1 Å². The van der Waals surface area contributed by atoms with Crippen LogP contribution in [0.5, 0.6) is 5.75 Å². The molecule has 1 aromatic heterocycles. The summed E-state index contributed by atoms with van der Waals surface area (Å²) in [4.78, 5) is 17.1. The molecule has 0 N–H and O–H groups in total. The highest BCUT2D eigenvalue weighted by Crippen LogP contribution is 2.21. The van der Waals surface area contributed by atoms with Crippen LogP contribution in [0.25, 0.3) is 22.4 Å². The van der Waals surface area contributed by atoms with Crippen LogP contribution in [0.15, 0.2) is 97.5 Å². The first-order valence-corrected chi connectivity index (χ1v) is 9.41. The Morgan fingerprint density at radius 2 is 1.57 bits per heavy atom. The Bertz CT molecular complexity index is 1110. The van der Waals surface area contributed by atoms with Gasteiger partial charge in [-0.15, -0.1) is 17.0 Å². The van der Waals surface area contributed by atoms with Gasteiger partial charge in [-0.1, -0.05) is 66.7 Å². The van der Waals surface area contributed by atoms with Crippen LogP contribution >= 0.6 is 17.0 Å². The van der Waals surface area contributed by atoms with E-state index >= 15 is 0 Å². The molecule has 0 atom stereocenters. The average Bonchev–Trinajstić information content (AvgIpc) is 2.80. The number of methoxy groups -OCH3 is 1. The van der Waals surface area contributed by atoms with E-state index in [9.17, 15) is 4.79 Å². The molecule has 0 unspecified atom stereocenters. The second-order valence-electron chi connectivity index (χ2n) is 6.72. The van der Waals surface area contributed by atoms with Crippen LogP contribution in [-0.4, -0.2) is 17.9 Å². The predicted octanol–water partition coefficient (Wildman–Crippen LogP) is 5.17. The number of carbonyl (C=O) groups excluding carboxylic acids is 1. The molecule has 0 aliphatic carbocycles. The maximum absolute atomic E-state index is 12.6. The van der Waals surface area contributed by atoms with Gasteiger partial charge in [-0.25, -0.2) is 4.57 Å². The van der Waals surface area contributed by atoms with E-state index in [-0.39, 0.29) is 29.3 Å². The maximum Gasteiger partial charge on any atom is 0.287 e. The van der Waals surface area contributed by atoms with Crippen molar-refractivity contribution in [2.75, 3.05) is 7.11 Å². The van der Waals surface area contributed by atoms with E-state index in [1.54, 1.807) is 18.0 Å². The molecule has 4 aromatic rings. The fourth-order valence-corrected chi connectivity index (χ4v) is 3.17. The van der Waals surface area contributed by atoms with Crippen LogP contribution in [0.1, 0.15) is 10.4 Å². The zero-order chi connectivity index (χ0) is 20.1.